The minimum absolute atomic E-state index is 0.00499. The SMILES string of the molecule is CCS(=O)(=O)CCn1nnnc1-c1cc(N)cc(Br)c1. The molecule has 7 nitrogen and oxygen atoms in total. The molecule has 0 saturated heterocycles. The molecule has 20 heavy (non-hydrogen) atoms. The first-order valence-corrected chi connectivity index (χ1v) is 8.56. The lowest BCUT2D eigenvalue weighted by Crippen LogP contribution is -2.16. The third-order valence-corrected chi connectivity index (χ3v) is 4.91. The molecular weight excluding hydrogens is 346 g/mol. The van der Waals surface area contributed by atoms with E-state index in [0.717, 1.165) is 10.0 Å². The number of rotatable bonds is 5. The van der Waals surface area contributed by atoms with Crippen molar-refractivity contribution in [1.82, 2.24) is 20.2 Å². The molecule has 0 aliphatic carbocycles. The Morgan fingerprint density at radius 3 is 2.75 bits per heavy atom. The molecule has 1 aromatic heterocycles. The smallest absolute Gasteiger partial charge is 0.182 e. The van der Waals surface area contributed by atoms with E-state index in [-0.39, 0.29) is 18.1 Å². The highest BCUT2D eigenvalue weighted by molar-refractivity contribution is 9.10. The van der Waals surface area contributed by atoms with Gasteiger partial charge in [-0.1, -0.05) is 22.9 Å². The minimum atomic E-state index is -3.06. The van der Waals surface area contributed by atoms with Gasteiger partial charge in [-0.05, 0) is 28.6 Å². The maximum atomic E-state index is 11.5. The summed E-state index contributed by atoms with van der Waals surface area (Å²) in [6.45, 7) is 1.83. The lowest BCUT2D eigenvalue weighted by atomic mass is 10.2. The van der Waals surface area contributed by atoms with Crippen molar-refractivity contribution in [3.63, 3.8) is 0 Å². The Morgan fingerprint density at radius 1 is 1.35 bits per heavy atom. The van der Waals surface area contributed by atoms with Gasteiger partial charge in [0.1, 0.15) is 0 Å². The average Bonchev–Trinajstić information content (AvgIpc) is 2.84. The number of halogens is 1. The molecular formula is C11H14BrN5O2S. The summed E-state index contributed by atoms with van der Waals surface area (Å²) in [6, 6.07) is 5.33. The standard InChI is InChI=1S/C11H14BrN5O2S/c1-2-20(18,19)4-3-17-11(14-15-16-17)8-5-9(12)7-10(13)6-8/h5-7H,2-4,13H2,1H3. The van der Waals surface area contributed by atoms with E-state index in [1.807, 2.05) is 6.07 Å². The fourth-order valence-electron chi connectivity index (χ4n) is 1.67. The average molecular weight is 360 g/mol. The molecule has 2 rings (SSSR count). The molecule has 0 fully saturated rings. The lowest BCUT2D eigenvalue weighted by Gasteiger charge is -2.06. The summed E-state index contributed by atoms with van der Waals surface area (Å²) >= 11 is 3.35. The number of nitrogen functional groups attached to an aromatic ring is 1. The van der Waals surface area contributed by atoms with Gasteiger partial charge < -0.3 is 5.73 Å². The van der Waals surface area contributed by atoms with Crippen LogP contribution in [-0.2, 0) is 16.4 Å². The fraction of sp³-hybridized carbons (Fsp3) is 0.364. The molecule has 2 aromatic rings. The zero-order valence-electron chi connectivity index (χ0n) is 10.8. The van der Waals surface area contributed by atoms with Gasteiger partial charge in [0.05, 0.1) is 12.3 Å². The van der Waals surface area contributed by atoms with Crippen LogP contribution in [0.4, 0.5) is 5.69 Å². The van der Waals surface area contributed by atoms with Gasteiger partial charge in [0.2, 0.25) is 0 Å². The van der Waals surface area contributed by atoms with Crippen LogP contribution in [-0.4, -0.2) is 40.1 Å². The van der Waals surface area contributed by atoms with Crippen LogP contribution in [0, 0.1) is 0 Å². The molecule has 0 unspecified atom stereocenters. The minimum Gasteiger partial charge on any atom is -0.399 e. The maximum Gasteiger partial charge on any atom is 0.182 e. The van der Waals surface area contributed by atoms with Gasteiger partial charge in [-0.25, -0.2) is 13.1 Å². The topological polar surface area (TPSA) is 104 Å². The number of tetrazole rings is 1. The van der Waals surface area contributed by atoms with Crippen molar-refractivity contribution in [2.75, 3.05) is 17.2 Å². The zero-order chi connectivity index (χ0) is 14.8. The van der Waals surface area contributed by atoms with Crippen molar-refractivity contribution in [1.29, 1.82) is 0 Å². The number of nitrogens with two attached hydrogens (primary N) is 1. The van der Waals surface area contributed by atoms with Crippen LogP contribution >= 0.6 is 15.9 Å². The van der Waals surface area contributed by atoms with Crippen LogP contribution in [0.25, 0.3) is 11.4 Å². The van der Waals surface area contributed by atoms with E-state index in [1.165, 1.54) is 4.68 Å². The molecule has 0 radical (unpaired) electrons. The molecule has 0 bridgehead atoms. The number of sulfone groups is 1. The number of benzene rings is 1. The summed E-state index contributed by atoms with van der Waals surface area (Å²) in [7, 11) is -3.06. The van der Waals surface area contributed by atoms with Gasteiger partial charge in [-0.3, -0.25) is 0 Å². The predicted molar refractivity (Wildman–Crippen MR) is 79.7 cm³/mol. The van der Waals surface area contributed by atoms with Gasteiger partial charge in [-0.15, -0.1) is 5.10 Å². The van der Waals surface area contributed by atoms with Crippen LogP contribution in [0.15, 0.2) is 22.7 Å². The predicted octanol–water partition coefficient (Wildman–Crippen LogP) is 1.12. The van der Waals surface area contributed by atoms with Crippen LogP contribution in [0.5, 0.6) is 0 Å². The highest BCUT2D eigenvalue weighted by Gasteiger charge is 2.13. The lowest BCUT2D eigenvalue weighted by molar-refractivity contribution is 0.577. The molecule has 0 aliphatic heterocycles. The Balaban J connectivity index is 2.29. The first-order chi connectivity index (χ1) is 9.41. The number of anilines is 1. The summed E-state index contributed by atoms with van der Waals surface area (Å²) in [5.41, 5.74) is 7.08. The summed E-state index contributed by atoms with van der Waals surface area (Å²) < 4.78 is 25.4. The molecule has 1 heterocycles. The Bertz CT molecular complexity index is 693. The van der Waals surface area contributed by atoms with Crippen LogP contribution in [0.3, 0.4) is 0 Å². The second-order valence-corrected chi connectivity index (χ2v) is 7.62. The molecule has 0 aliphatic rings. The van der Waals surface area contributed by atoms with Gasteiger partial charge in [-0.2, -0.15) is 0 Å². The monoisotopic (exact) mass is 359 g/mol. The van der Waals surface area contributed by atoms with Crippen molar-refractivity contribution in [2.24, 2.45) is 0 Å². The van der Waals surface area contributed by atoms with Gasteiger partial charge >= 0.3 is 0 Å². The Kier molecular flexibility index (Phi) is 4.39. The molecule has 2 N–H and O–H groups in total. The highest BCUT2D eigenvalue weighted by atomic mass is 79.9. The first-order valence-electron chi connectivity index (χ1n) is 5.94. The number of aryl methyl sites for hydroxylation is 1. The highest BCUT2D eigenvalue weighted by Crippen LogP contribution is 2.24. The van der Waals surface area contributed by atoms with E-state index in [4.69, 9.17) is 5.73 Å². The molecule has 9 heteroatoms. The Labute approximate surface area is 125 Å². The van der Waals surface area contributed by atoms with E-state index >= 15 is 0 Å². The molecule has 0 saturated carbocycles. The van der Waals surface area contributed by atoms with Crippen molar-refractivity contribution < 1.29 is 8.42 Å². The van der Waals surface area contributed by atoms with Crippen molar-refractivity contribution >= 4 is 31.5 Å². The van der Waals surface area contributed by atoms with E-state index in [2.05, 4.69) is 31.5 Å². The number of aromatic nitrogens is 4. The molecule has 0 spiro atoms. The summed E-state index contributed by atoms with van der Waals surface area (Å²) in [5.74, 6) is 0.601. The third-order valence-electron chi connectivity index (χ3n) is 2.76. The Morgan fingerprint density at radius 2 is 2.10 bits per heavy atom. The third kappa shape index (κ3) is 3.54. The number of nitrogens with zero attached hydrogens (tertiary/aromatic N) is 4. The second kappa shape index (κ2) is 5.88. The van der Waals surface area contributed by atoms with Crippen molar-refractivity contribution in [3.05, 3.63) is 22.7 Å². The first kappa shape index (κ1) is 14.9. The van der Waals surface area contributed by atoms with Crippen molar-refractivity contribution in [3.8, 4) is 11.4 Å². The van der Waals surface area contributed by atoms with E-state index in [9.17, 15) is 8.42 Å². The molecule has 0 atom stereocenters. The molecule has 1 aromatic carbocycles. The second-order valence-electron chi connectivity index (χ2n) is 4.24. The largest absolute Gasteiger partial charge is 0.399 e. The van der Waals surface area contributed by atoms with Crippen LogP contribution in [0.1, 0.15) is 6.92 Å². The summed E-state index contributed by atoms with van der Waals surface area (Å²) in [6.07, 6.45) is 0. The summed E-state index contributed by atoms with van der Waals surface area (Å²) in [5, 5.41) is 11.3. The molecule has 0 amide bonds. The van der Waals surface area contributed by atoms with Gasteiger partial charge in [0.25, 0.3) is 0 Å². The van der Waals surface area contributed by atoms with E-state index in [0.29, 0.717) is 11.5 Å². The summed E-state index contributed by atoms with van der Waals surface area (Å²) in [4.78, 5) is 0. The molecule has 108 valence electrons. The van der Waals surface area contributed by atoms with Gasteiger partial charge in [0, 0.05) is 21.5 Å². The van der Waals surface area contributed by atoms with E-state index in [1.54, 1.807) is 19.1 Å². The van der Waals surface area contributed by atoms with Crippen molar-refractivity contribution in [2.45, 2.75) is 13.5 Å². The van der Waals surface area contributed by atoms with Gasteiger partial charge in [0.15, 0.2) is 15.7 Å². The number of hydrogen-bond donors (Lipinski definition) is 1. The number of hydrogen-bond acceptors (Lipinski definition) is 6. The van der Waals surface area contributed by atoms with Crippen LogP contribution < -0.4 is 5.73 Å². The quantitative estimate of drug-likeness (QED) is 0.802. The van der Waals surface area contributed by atoms with Crippen LogP contribution in [0.2, 0.25) is 0 Å². The maximum absolute atomic E-state index is 11.5. The normalized spacial score (nSPS) is 11.7. The van der Waals surface area contributed by atoms with E-state index < -0.39 is 9.84 Å². The Hall–Kier alpha value is -1.48. The fourth-order valence-corrected chi connectivity index (χ4v) is 2.92. The zero-order valence-corrected chi connectivity index (χ0v) is 13.2.